The molecule has 2 heterocycles. The number of nitrogens with zero attached hydrogens (tertiary/aromatic N) is 4. The van der Waals surface area contributed by atoms with Crippen LogP contribution in [0.15, 0.2) is 29.4 Å². The normalized spacial score (nSPS) is 19.9. The monoisotopic (exact) mass is 408 g/mol. The average Bonchev–Trinajstić information content (AvgIpc) is 2.98. The van der Waals surface area contributed by atoms with Crippen molar-refractivity contribution in [1.29, 1.82) is 0 Å². The minimum absolute atomic E-state index is 0.167. The Labute approximate surface area is 169 Å². The Hall–Kier alpha value is -1.73. The number of hydrogen-bond acceptors (Lipinski definition) is 5. The molecular formula is C19H25ClN4O2S. The molecule has 0 aliphatic carbocycles. The summed E-state index contributed by atoms with van der Waals surface area (Å²) in [5.41, 5.74) is 0. The summed E-state index contributed by atoms with van der Waals surface area (Å²) in [7, 11) is 1.89. The molecule has 2 aromatic rings. The summed E-state index contributed by atoms with van der Waals surface area (Å²) in [5, 5.41) is 9.76. The smallest absolute Gasteiger partial charge is 0.233 e. The predicted molar refractivity (Wildman–Crippen MR) is 107 cm³/mol. The third-order valence-corrected chi connectivity index (χ3v) is 5.91. The van der Waals surface area contributed by atoms with Crippen molar-refractivity contribution in [3.8, 4) is 5.75 Å². The molecule has 0 spiro atoms. The lowest BCUT2D eigenvalue weighted by Gasteiger charge is -2.34. The van der Waals surface area contributed by atoms with Crippen LogP contribution in [0.25, 0.3) is 0 Å². The van der Waals surface area contributed by atoms with Crippen LogP contribution in [0.1, 0.15) is 26.1 Å². The molecule has 0 radical (unpaired) electrons. The van der Waals surface area contributed by atoms with E-state index in [2.05, 4.69) is 24.0 Å². The van der Waals surface area contributed by atoms with E-state index in [1.807, 2.05) is 28.6 Å². The number of carbonyl (C=O) groups excluding carboxylic acids is 1. The van der Waals surface area contributed by atoms with Gasteiger partial charge in [-0.25, -0.2) is 0 Å². The zero-order chi connectivity index (χ0) is 19.4. The van der Waals surface area contributed by atoms with E-state index in [4.69, 9.17) is 16.3 Å². The molecule has 2 atom stereocenters. The third-order valence-electron chi connectivity index (χ3n) is 4.65. The Kier molecular flexibility index (Phi) is 6.65. The lowest BCUT2D eigenvalue weighted by atomic mass is 9.92. The molecule has 27 heavy (non-hydrogen) atoms. The zero-order valence-electron chi connectivity index (χ0n) is 15.9. The van der Waals surface area contributed by atoms with Gasteiger partial charge in [0.05, 0.1) is 5.75 Å². The Balaban J connectivity index is 1.52. The minimum atomic E-state index is 0.167. The highest BCUT2D eigenvalue weighted by Gasteiger charge is 2.25. The highest BCUT2D eigenvalue weighted by molar-refractivity contribution is 7.99. The summed E-state index contributed by atoms with van der Waals surface area (Å²) in [6.07, 6.45) is 1.19. The van der Waals surface area contributed by atoms with E-state index in [1.54, 1.807) is 12.1 Å². The van der Waals surface area contributed by atoms with E-state index in [1.165, 1.54) is 18.2 Å². The van der Waals surface area contributed by atoms with Crippen LogP contribution in [0.2, 0.25) is 5.02 Å². The lowest BCUT2D eigenvalue weighted by Crippen LogP contribution is -2.43. The van der Waals surface area contributed by atoms with Gasteiger partial charge in [0.25, 0.3) is 0 Å². The molecule has 1 aliphatic heterocycles. The van der Waals surface area contributed by atoms with Crippen LogP contribution in [-0.4, -0.2) is 44.4 Å². The number of rotatable bonds is 6. The van der Waals surface area contributed by atoms with Crippen molar-refractivity contribution >= 4 is 29.3 Å². The van der Waals surface area contributed by atoms with Crippen LogP contribution in [0.5, 0.6) is 5.75 Å². The zero-order valence-corrected chi connectivity index (χ0v) is 17.5. The summed E-state index contributed by atoms with van der Waals surface area (Å²) < 4.78 is 7.59. The lowest BCUT2D eigenvalue weighted by molar-refractivity contribution is -0.130. The van der Waals surface area contributed by atoms with Gasteiger partial charge >= 0.3 is 0 Å². The summed E-state index contributed by atoms with van der Waals surface area (Å²) in [4.78, 5) is 14.5. The van der Waals surface area contributed by atoms with Gasteiger partial charge in [-0.3, -0.25) is 4.79 Å². The summed E-state index contributed by atoms with van der Waals surface area (Å²) >= 11 is 7.29. The molecule has 1 fully saturated rings. The highest BCUT2D eigenvalue weighted by atomic mass is 35.5. The quantitative estimate of drug-likeness (QED) is 0.683. The van der Waals surface area contributed by atoms with E-state index < -0.39 is 0 Å². The van der Waals surface area contributed by atoms with Gasteiger partial charge in [-0.2, -0.15) is 0 Å². The largest absolute Gasteiger partial charge is 0.486 e. The second-order valence-electron chi connectivity index (χ2n) is 7.23. The highest BCUT2D eigenvalue weighted by Crippen LogP contribution is 2.23. The second kappa shape index (κ2) is 8.97. The molecule has 0 bridgehead atoms. The van der Waals surface area contributed by atoms with Gasteiger partial charge < -0.3 is 14.2 Å². The molecule has 3 rings (SSSR count). The first-order valence-corrected chi connectivity index (χ1v) is 10.5. The van der Waals surface area contributed by atoms with Crippen LogP contribution < -0.4 is 4.74 Å². The number of hydrogen-bond donors (Lipinski definition) is 0. The van der Waals surface area contributed by atoms with Crippen molar-refractivity contribution in [3.05, 3.63) is 35.1 Å². The number of aromatic nitrogens is 3. The molecule has 1 amide bonds. The van der Waals surface area contributed by atoms with E-state index >= 15 is 0 Å². The van der Waals surface area contributed by atoms with E-state index in [-0.39, 0.29) is 5.91 Å². The minimum Gasteiger partial charge on any atom is -0.486 e. The molecule has 6 nitrogen and oxygen atoms in total. The molecule has 8 heteroatoms. The van der Waals surface area contributed by atoms with Gasteiger partial charge in [0.2, 0.25) is 5.91 Å². The van der Waals surface area contributed by atoms with Crippen molar-refractivity contribution < 1.29 is 9.53 Å². The van der Waals surface area contributed by atoms with E-state index in [0.29, 0.717) is 35.0 Å². The average molecular weight is 409 g/mol. The topological polar surface area (TPSA) is 60.3 Å². The third kappa shape index (κ3) is 5.39. The summed E-state index contributed by atoms with van der Waals surface area (Å²) in [6, 6.07) is 7.19. The van der Waals surface area contributed by atoms with Crippen LogP contribution in [-0.2, 0) is 18.4 Å². The standard InChI is InChI=1S/C19H25ClN4O2S/c1-13-8-14(2)10-24(9-13)18(25)12-27-19-22-21-17(23(19)3)11-26-16-6-4-15(20)5-7-16/h4-7,13-14H,8-12H2,1-3H3. The van der Waals surface area contributed by atoms with Crippen LogP contribution in [0.3, 0.4) is 0 Å². The van der Waals surface area contributed by atoms with Crippen molar-refractivity contribution in [2.24, 2.45) is 18.9 Å². The molecular weight excluding hydrogens is 384 g/mol. The maximum Gasteiger partial charge on any atom is 0.233 e. The van der Waals surface area contributed by atoms with E-state index in [0.717, 1.165) is 24.0 Å². The molecule has 0 saturated carbocycles. The van der Waals surface area contributed by atoms with Gasteiger partial charge in [0.15, 0.2) is 11.0 Å². The van der Waals surface area contributed by atoms with Crippen molar-refractivity contribution in [1.82, 2.24) is 19.7 Å². The van der Waals surface area contributed by atoms with Crippen molar-refractivity contribution in [2.45, 2.75) is 32.0 Å². The van der Waals surface area contributed by atoms with Crippen LogP contribution in [0.4, 0.5) is 0 Å². The fourth-order valence-electron chi connectivity index (χ4n) is 3.36. The number of halogens is 1. The molecule has 1 aromatic heterocycles. The van der Waals surface area contributed by atoms with Crippen LogP contribution >= 0.6 is 23.4 Å². The van der Waals surface area contributed by atoms with Gasteiger partial charge in [-0.05, 0) is 42.5 Å². The molecule has 0 N–H and O–H groups in total. The number of likely N-dealkylation sites (tertiary alicyclic amines) is 1. The molecule has 2 unspecified atom stereocenters. The molecule has 1 aliphatic rings. The number of piperidine rings is 1. The number of amides is 1. The summed E-state index contributed by atoms with van der Waals surface area (Å²) in [5.74, 6) is 3.10. The first-order valence-electron chi connectivity index (χ1n) is 9.09. The molecule has 1 saturated heterocycles. The van der Waals surface area contributed by atoms with Gasteiger partial charge in [-0.1, -0.05) is 37.2 Å². The van der Waals surface area contributed by atoms with E-state index in [9.17, 15) is 4.79 Å². The van der Waals surface area contributed by atoms with Crippen molar-refractivity contribution in [3.63, 3.8) is 0 Å². The Morgan fingerprint density at radius 1 is 1.22 bits per heavy atom. The second-order valence-corrected chi connectivity index (χ2v) is 8.61. The maximum absolute atomic E-state index is 12.5. The first-order chi connectivity index (χ1) is 12.9. The Morgan fingerprint density at radius 3 is 2.56 bits per heavy atom. The molecule has 146 valence electrons. The fraction of sp³-hybridized carbons (Fsp3) is 0.526. The fourth-order valence-corrected chi connectivity index (χ4v) is 4.32. The van der Waals surface area contributed by atoms with Gasteiger partial charge in [0.1, 0.15) is 12.4 Å². The van der Waals surface area contributed by atoms with Gasteiger partial charge in [-0.15, -0.1) is 10.2 Å². The number of benzene rings is 1. The number of ether oxygens (including phenoxy) is 1. The summed E-state index contributed by atoms with van der Waals surface area (Å²) in [6.45, 7) is 6.42. The Morgan fingerprint density at radius 2 is 1.89 bits per heavy atom. The first kappa shape index (κ1) is 20.0. The predicted octanol–water partition coefficient (Wildman–Crippen LogP) is 3.64. The van der Waals surface area contributed by atoms with Gasteiger partial charge in [0, 0.05) is 25.2 Å². The SMILES string of the molecule is CC1CC(C)CN(C(=O)CSc2nnc(COc3ccc(Cl)cc3)n2C)C1. The number of thioether (sulfide) groups is 1. The molecule has 1 aromatic carbocycles. The Bertz CT molecular complexity index is 771. The van der Waals surface area contributed by atoms with Crippen molar-refractivity contribution in [2.75, 3.05) is 18.8 Å². The number of carbonyl (C=O) groups is 1. The maximum atomic E-state index is 12.5. The van der Waals surface area contributed by atoms with Crippen LogP contribution in [0, 0.1) is 11.8 Å².